The van der Waals surface area contributed by atoms with Gasteiger partial charge >= 0.3 is 5.97 Å². The van der Waals surface area contributed by atoms with E-state index in [1.54, 1.807) is 0 Å². The summed E-state index contributed by atoms with van der Waals surface area (Å²) in [6, 6.07) is 7.72. The molecule has 3 rings (SSSR count). The number of thiazole rings is 1. The minimum Gasteiger partial charge on any atom is -0.454 e. The molecule has 1 saturated heterocycles. The molecular weight excluding hydrogens is 332 g/mol. The Balaban J connectivity index is 1.39. The van der Waals surface area contributed by atoms with Crippen molar-refractivity contribution in [2.75, 3.05) is 19.8 Å². The molecule has 2 heterocycles. The van der Waals surface area contributed by atoms with Crippen LogP contribution in [-0.4, -0.2) is 47.4 Å². The summed E-state index contributed by atoms with van der Waals surface area (Å²) >= 11 is 1.50. The third-order valence-corrected chi connectivity index (χ3v) is 4.52. The number of hydrogen-bond acceptors (Lipinski definition) is 7. The first-order valence-corrected chi connectivity index (χ1v) is 8.36. The highest BCUT2D eigenvalue weighted by molar-refractivity contribution is 7.18. The quantitative estimate of drug-likeness (QED) is 0.736. The smallest absolute Gasteiger partial charge is 0.332 e. The van der Waals surface area contributed by atoms with Crippen molar-refractivity contribution in [3.63, 3.8) is 0 Å². The third-order valence-electron chi connectivity index (χ3n) is 3.51. The van der Waals surface area contributed by atoms with Gasteiger partial charge in [0.1, 0.15) is 11.6 Å². The van der Waals surface area contributed by atoms with Crippen molar-refractivity contribution >= 4 is 39.3 Å². The number of carbonyl (C=O) groups is 3. The van der Waals surface area contributed by atoms with E-state index in [-0.39, 0.29) is 19.1 Å². The molecule has 0 N–H and O–H groups in total. The average Bonchev–Trinajstić information content (AvgIpc) is 3.18. The van der Waals surface area contributed by atoms with Crippen molar-refractivity contribution in [3.8, 4) is 0 Å². The van der Waals surface area contributed by atoms with Crippen LogP contribution in [0.25, 0.3) is 10.2 Å². The fourth-order valence-electron chi connectivity index (χ4n) is 2.38. The van der Waals surface area contributed by atoms with Crippen LogP contribution in [0.15, 0.2) is 24.3 Å². The van der Waals surface area contributed by atoms with Crippen LogP contribution in [0.2, 0.25) is 0 Å². The van der Waals surface area contributed by atoms with Gasteiger partial charge in [0.15, 0.2) is 6.61 Å². The van der Waals surface area contributed by atoms with Gasteiger partial charge in [0.05, 0.1) is 16.8 Å². The van der Waals surface area contributed by atoms with E-state index in [0.29, 0.717) is 19.4 Å². The number of amides is 2. The normalized spacial score (nSPS) is 14.3. The Morgan fingerprint density at radius 1 is 1.25 bits per heavy atom. The van der Waals surface area contributed by atoms with Gasteiger partial charge in [-0.1, -0.05) is 12.1 Å². The minimum atomic E-state index is -0.642. The van der Waals surface area contributed by atoms with Gasteiger partial charge in [-0.3, -0.25) is 14.5 Å². The van der Waals surface area contributed by atoms with Crippen LogP contribution in [0, 0.1) is 0 Å². The molecular formula is C16H16N2O5S. The van der Waals surface area contributed by atoms with E-state index in [2.05, 4.69) is 4.98 Å². The number of benzene rings is 1. The molecule has 0 spiro atoms. The lowest BCUT2D eigenvalue weighted by Gasteiger charge is -2.13. The lowest BCUT2D eigenvalue weighted by molar-refractivity contribution is -0.158. The zero-order chi connectivity index (χ0) is 16.9. The Kier molecular flexibility index (Phi) is 5.17. The average molecular weight is 348 g/mol. The molecule has 7 nitrogen and oxygen atoms in total. The maximum Gasteiger partial charge on any atom is 0.332 e. The number of para-hydroxylation sites is 1. The highest BCUT2D eigenvalue weighted by Gasteiger charge is 2.26. The molecule has 24 heavy (non-hydrogen) atoms. The number of carbonyl (C=O) groups excluding carboxylic acids is 3. The number of ether oxygens (including phenoxy) is 2. The van der Waals surface area contributed by atoms with E-state index in [4.69, 9.17) is 9.47 Å². The second kappa shape index (κ2) is 7.50. The van der Waals surface area contributed by atoms with E-state index < -0.39 is 18.5 Å². The number of esters is 1. The molecule has 0 aliphatic carbocycles. The predicted molar refractivity (Wildman–Crippen MR) is 86.2 cm³/mol. The Morgan fingerprint density at radius 2 is 2.08 bits per heavy atom. The summed E-state index contributed by atoms with van der Waals surface area (Å²) in [6.07, 6.45) is 1.02. The standard InChI is InChI=1S/C16H16N2O5S/c19-14-6-3-7-18(14)15(20)9-23-16(21)10-22-8-13-17-11-4-1-2-5-12(11)24-13/h1-2,4-5H,3,6-10H2. The number of imide groups is 1. The monoisotopic (exact) mass is 348 g/mol. The van der Waals surface area contributed by atoms with Crippen molar-refractivity contribution in [1.29, 1.82) is 0 Å². The van der Waals surface area contributed by atoms with Gasteiger partial charge in [-0.2, -0.15) is 0 Å². The number of hydrogen-bond donors (Lipinski definition) is 0. The van der Waals surface area contributed by atoms with Crippen molar-refractivity contribution in [3.05, 3.63) is 29.3 Å². The van der Waals surface area contributed by atoms with E-state index >= 15 is 0 Å². The largest absolute Gasteiger partial charge is 0.454 e. The number of rotatable bonds is 6. The SMILES string of the molecule is O=C(COCc1nc2ccccc2s1)OCC(=O)N1CCCC1=O. The van der Waals surface area contributed by atoms with Crippen molar-refractivity contribution < 1.29 is 23.9 Å². The van der Waals surface area contributed by atoms with E-state index in [0.717, 1.165) is 20.1 Å². The van der Waals surface area contributed by atoms with Crippen LogP contribution < -0.4 is 0 Å². The topological polar surface area (TPSA) is 85.8 Å². The molecule has 1 fully saturated rings. The molecule has 0 radical (unpaired) electrons. The number of likely N-dealkylation sites (tertiary alicyclic amines) is 1. The Labute approximate surface area is 142 Å². The summed E-state index contributed by atoms with van der Waals surface area (Å²) < 4.78 is 11.2. The van der Waals surface area contributed by atoms with Crippen LogP contribution in [0.5, 0.6) is 0 Å². The first kappa shape index (κ1) is 16.5. The zero-order valence-corrected chi connectivity index (χ0v) is 13.7. The molecule has 2 amide bonds. The first-order valence-electron chi connectivity index (χ1n) is 7.54. The Bertz CT molecular complexity index is 740. The summed E-state index contributed by atoms with van der Waals surface area (Å²) in [5, 5.41) is 0.766. The molecule has 0 atom stereocenters. The minimum absolute atomic E-state index is 0.201. The molecule has 0 bridgehead atoms. The maximum absolute atomic E-state index is 11.7. The van der Waals surface area contributed by atoms with E-state index in [9.17, 15) is 14.4 Å². The molecule has 1 aliphatic rings. The number of aromatic nitrogens is 1. The van der Waals surface area contributed by atoms with Gasteiger partial charge in [-0.15, -0.1) is 11.3 Å². The summed E-state index contributed by atoms with van der Waals surface area (Å²) in [5.74, 6) is -1.35. The zero-order valence-electron chi connectivity index (χ0n) is 12.9. The van der Waals surface area contributed by atoms with Gasteiger partial charge < -0.3 is 9.47 Å². The van der Waals surface area contributed by atoms with Crippen LogP contribution in [0.4, 0.5) is 0 Å². The third kappa shape index (κ3) is 3.95. The molecule has 0 saturated carbocycles. The highest BCUT2D eigenvalue weighted by atomic mass is 32.1. The lowest BCUT2D eigenvalue weighted by Crippen LogP contribution is -2.35. The molecule has 1 aromatic heterocycles. The molecule has 2 aromatic rings. The Morgan fingerprint density at radius 3 is 2.83 bits per heavy atom. The second-order valence-electron chi connectivity index (χ2n) is 5.27. The van der Waals surface area contributed by atoms with Crippen LogP contribution in [0.3, 0.4) is 0 Å². The van der Waals surface area contributed by atoms with Crippen LogP contribution in [-0.2, 0) is 30.5 Å². The summed E-state index contributed by atoms with van der Waals surface area (Å²) in [7, 11) is 0. The molecule has 126 valence electrons. The van der Waals surface area contributed by atoms with Crippen LogP contribution >= 0.6 is 11.3 Å². The fraction of sp³-hybridized carbons (Fsp3) is 0.375. The van der Waals surface area contributed by atoms with Crippen molar-refractivity contribution in [2.45, 2.75) is 19.4 Å². The predicted octanol–water partition coefficient (Wildman–Crippen LogP) is 1.51. The lowest BCUT2D eigenvalue weighted by atomic mass is 10.3. The van der Waals surface area contributed by atoms with Crippen molar-refractivity contribution in [2.24, 2.45) is 0 Å². The molecule has 0 unspecified atom stereocenters. The summed E-state index contributed by atoms with van der Waals surface area (Å²) in [6.45, 7) is -0.109. The van der Waals surface area contributed by atoms with Gasteiger partial charge in [0.25, 0.3) is 5.91 Å². The number of nitrogens with zero attached hydrogens (tertiary/aromatic N) is 2. The van der Waals surface area contributed by atoms with Gasteiger partial charge in [-0.25, -0.2) is 9.78 Å². The summed E-state index contributed by atoms with van der Waals surface area (Å²) in [5.41, 5.74) is 0.893. The second-order valence-corrected chi connectivity index (χ2v) is 6.39. The van der Waals surface area contributed by atoms with Crippen molar-refractivity contribution in [1.82, 2.24) is 9.88 Å². The first-order chi connectivity index (χ1) is 11.6. The Hall–Kier alpha value is -2.32. The van der Waals surface area contributed by atoms with E-state index in [1.807, 2.05) is 24.3 Å². The summed E-state index contributed by atoms with van der Waals surface area (Å²) in [4.78, 5) is 40.2. The van der Waals surface area contributed by atoms with E-state index in [1.165, 1.54) is 11.3 Å². The molecule has 1 aliphatic heterocycles. The van der Waals surface area contributed by atoms with Gasteiger partial charge in [-0.05, 0) is 18.6 Å². The fourth-order valence-corrected chi connectivity index (χ4v) is 3.28. The van der Waals surface area contributed by atoms with Gasteiger partial charge in [0.2, 0.25) is 5.91 Å². The van der Waals surface area contributed by atoms with Crippen LogP contribution in [0.1, 0.15) is 17.8 Å². The molecule has 8 heteroatoms. The molecule has 1 aromatic carbocycles. The van der Waals surface area contributed by atoms with Gasteiger partial charge in [0, 0.05) is 13.0 Å². The highest BCUT2D eigenvalue weighted by Crippen LogP contribution is 2.21. The maximum atomic E-state index is 11.7. The number of fused-ring (bicyclic) bond motifs is 1.